The van der Waals surface area contributed by atoms with Gasteiger partial charge >= 0.3 is 0 Å². The summed E-state index contributed by atoms with van der Waals surface area (Å²) in [5.41, 5.74) is 0.241. The number of nitrogens with one attached hydrogen (secondary N) is 1. The molecule has 2 heteroatoms. The molecule has 1 atom stereocenters. The quantitative estimate of drug-likeness (QED) is 0.700. The third-order valence-electron chi connectivity index (χ3n) is 3.56. The minimum absolute atomic E-state index is 0.241. The molecular formula is C15H32N2. The average molecular weight is 240 g/mol. The molecule has 2 nitrogen and oxygen atoms in total. The van der Waals surface area contributed by atoms with Crippen molar-refractivity contribution in [3.05, 3.63) is 0 Å². The molecule has 102 valence electrons. The molecule has 0 aromatic rings. The Morgan fingerprint density at radius 2 is 1.88 bits per heavy atom. The van der Waals surface area contributed by atoms with Crippen LogP contribution in [0.2, 0.25) is 0 Å². The maximum absolute atomic E-state index is 3.66. The van der Waals surface area contributed by atoms with Gasteiger partial charge < -0.3 is 5.32 Å². The van der Waals surface area contributed by atoms with E-state index in [-0.39, 0.29) is 5.54 Å². The Balaban J connectivity index is 2.41. The Morgan fingerprint density at radius 1 is 1.24 bits per heavy atom. The molecule has 1 fully saturated rings. The normalized spacial score (nSPS) is 18.7. The van der Waals surface area contributed by atoms with Crippen LogP contribution in [0.5, 0.6) is 0 Å². The fraction of sp³-hybridized carbons (Fsp3) is 1.00. The fourth-order valence-electron chi connectivity index (χ4n) is 2.30. The lowest BCUT2D eigenvalue weighted by atomic mass is 10.1. The van der Waals surface area contributed by atoms with E-state index < -0.39 is 0 Å². The summed E-state index contributed by atoms with van der Waals surface area (Å²) >= 11 is 0. The number of hydrogen-bond donors (Lipinski definition) is 1. The van der Waals surface area contributed by atoms with Crippen molar-refractivity contribution in [2.75, 3.05) is 19.6 Å². The third kappa shape index (κ3) is 6.42. The van der Waals surface area contributed by atoms with Gasteiger partial charge in [0, 0.05) is 24.7 Å². The van der Waals surface area contributed by atoms with Crippen molar-refractivity contribution in [3.8, 4) is 0 Å². The second kappa shape index (κ2) is 6.75. The Hall–Kier alpha value is -0.0800. The summed E-state index contributed by atoms with van der Waals surface area (Å²) in [6.07, 6.45) is 5.46. The van der Waals surface area contributed by atoms with Crippen LogP contribution >= 0.6 is 0 Å². The van der Waals surface area contributed by atoms with Crippen LogP contribution in [0, 0.1) is 5.92 Å². The van der Waals surface area contributed by atoms with Crippen LogP contribution in [0.25, 0.3) is 0 Å². The van der Waals surface area contributed by atoms with Gasteiger partial charge in [-0.05, 0) is 58.9 Å². The van der Waals surface area contributed by atoms with Crippen LogP contribution in [-0.4, -0.2) is 36.1 Å². The summed E-state index contributed by atoms with van der Waals surface area (Å²) in [5.74, 6) is 1.00. The summed E-state index contributed by atoms with van der Waals surface area (Å²) in [6, 6.07) is 0.717. The van der Waals surface area contributed by atoms with Gasteiger partial charge in [-0.3, -0.25) is 4.90 Å². The van der Waals surface area contributed by atoms with E-state index in [1.807, 2.05) is 0 Å². The van der Waals surface area contributed by atoms with E-state index >= 15 is 0 Å². The summed E-state index contributed by atoms with van der Waals surface area (Å²) in [4.78, 5) is 2.72. The van der Waals surface area contributed by atoms with E-state index in [0.717, 1.165) is 18.5 Å². The van der Waals surface area contributed by atoms with Crippen molar-refractivity contribution in [1.82, 2.24) is 10.2 Å². The zero-order valence-electron chi connectivity index (χ0n) is 12.6. The predicted octanol–water partition coefficient (Wildman–Crippen LogP) is 3.28. The van der Waals surface area contributed by atoms with Crippen LogP contribution in [0.1, 0.15) is 60.3 Å². The number of hydrogen-bond acceptors (Lipinski definition) is 2. The molecule has 1 aliphatic rings. The summed E-state index contributed by atoms with van der Waals surface area (Å²) in [7, 11) is 0. The molecule has 0 amide bonds. The van der Waals surface area contributed by atoms with Crippen molar-refractivity contribution in [3.63, 3.8) is 0 Å². The molecule has 0 radical (unpaired) electrons. The molecule has 17 heavy (non-hydrogen) atoms. The van der Waals surface area contributed by atoms with Crippen molar-refractivity contribution in [1.29, 1.82) is 0 Å². The van der Waals surface area contributed by atoms with Crippen molar-refractivity contribution >= 4 is 0 Å². The lowest BCUT2D eigenvalue weighted by Gasteiger charge is -2.33. The molecule has 0 spiro atoms. The Bertz CT molecular complexity index is 203. The first-order valence-corrected chi connectivity index (χ1v) is 7.45. The fourth-order valence-corrected chi connectivity index (χ4v) is 2.30. The molecule has 1 aliphatic carbocycles. The highest BCUT2D eigenvalue weighted by molar-refractivity contribution is 4.83. The van der Waals surface area contributed by atoms with Crippen molar-refractivity contribution in [2.45, 2.75) is 71.9 Å². The zero-order chi connectivity index (χ0) is 12.9. The molecule has 1 N–H and O–H groups in total. The molecule has 1 unspecified atom stereocenters. The van der Waals surface area contributed by atoms with E-state index in [4.69, 9.17) is 0 Å². The Kier molecular flexibility index (Phi) is 5.94. The standard InChI is InChI=1S/C15H32N2/c1-6-10-17(12-13-8-9-13)14(7-2)11-16-15(3,4)5/h13-14,16H,6-12H2,1-5H3. The van der Waals surface area contributed by atoms with Gasteiger partial charge in [0.2, 0.25) is 0 Å². The van der Waals surface area contributed by atoms with Gasteiger partial charge in [-0.15, -0.1) is 0 Å². The highest BCUT2D eigenvalue weighted by Crippen LogP contribution is 2.30. The second-order valence-electron chi connectivity index (χ2n) is 6.63. The summed E-state index contributed by atoms with van der Waals surface area (Å²) in [5, 5.41) is 3.66. The first-order valence-electron chi connectivity index (χ1n) is 7.45. The molecule has 1 rings (SSSR count). The summed E-state index contributed by atoms with van der Waals surface area (Å²) in [6.45, 7) is 15.1. The maximum atomic E-state index is 3.66. The molecule has 0 aliphatic heterocycles. The van der Waals surface area contributed by atoms with Crippen molar-refractivity contribution < 1.29 is 0 Å². The van der Waals surface area contributed by atoms with Crippen LogP contribution in [0.4, 0.5) is 0 Å². The first-order chi connectivity index (χ1) is 7.96. The lowest BCUT2D eigenvalue weighted by Crippen LogP contribution is -2.48. The zero-order valence-corrected chi connectivity index (χ0v) is 12.6. The van der Waals surface area contributed by atoms with Gasteiger partial charge in [0.25, 0.3) is 0 Å². The summed E-state index contributed by atoms with van der Waals surface area (Å²) < 4.78 is 0. The highest BCUT2D eigenvalue weighted by Gasteiger charge is 2.27. The first kappa shape index (κ1) is 15.0. The molecule has 0 aromatic heterocycles. The molecule has 0 bridgehead atoms. The van der Waals surface area contributed by atoms with Crippen LogP contribution in [0.3, 0.4) is 0 Å². The van der Waals surface area contributed by atoms with Crippen molar-refractivity contribution in [2.24, 2.45) is 5.92 Å². The molecule has 1 saturated carbocycles. The minimum Gasteiger partial charge on any atom is -0.311 e. The van der Waals surface area contributed by atoms with Gasteiger partial charge in [-0.25, -0.2) is 0 Å². The number of rotatable bonds is 8. The smallest absolute Gasteiger partial charge is 0.0218 e. The average Bonchev–Trinajstić information content (AvgIpc) is 3.01. The largest absolute Gasteiger partial charge is 0.311 e. The van der Waals surface area contributed by atoms with E-state index in [1.54, 1.807) is 0 Å². The molecular weight excluding hydrogens is 208 g/mol. The molecule has 0 aromatic carbocycles. The van der Waals surface area contributed by atoms with E-state index in [9.17, 15) is 0 Å². The van der Waals surface area contributed by atoms with E-state index in [1.165, 1.54) is 38.8 Å². The monoisotopic (exact) mass is 240 g/mol. The van der Waals surface area contributed by atoms with E-state index in [2.05, 4.69) is 44.8 Å². The molecule has 0 heterocycles. The Labute approximate surface area is 108 Å². The molecule has 0 saturated heterocycles. The van der Waals surface area contributed by atoms with Gasteiger partial charge in [0.1, 0.15) is 0 Å². The van der Waals surface area contributed by atoms with Gasteiger partial charge in [-0.1, -0.05) is 13.8 Å². The lowest BCUT2D eigenvalue weighted by molar-refractivity contribution is 0.170. The highest BCUT2D eigenvalue weighted by atomic mass is 15.2. The predicted molar refractivity (Wildman–Crippen MR) is 76.4 cm³/mol. The Morgan fingerprint density at radius 3 is 2.29 bits per heavy atom. The van der Waals surface area contributed by atoms with Crippen LogP contribution in [0.15, 0.2) is 0 Å². The van der Waals surface area contributed by atoms with Gasteiger partial charge in [0.05, 0.1) is 0 Å². The third-order valence-corrected chi connectivity index (χ3v) is 3.56. The van der Waals surface area contributed by atoms with Gasteiger partial charge in [0.15, 0.2) is 0 Å². The minimum atomic E-state index is 0.241. The maximum Gasteiger partial charge on any atom is 0.0218 e. The van der Waals surface area contributed by atoms with Crippen LogP contribution < -0.4 is 5.32 Å². The SMILES string of the molecule is CCCN(CC1CC1)C(CC)CNC(C)(C)C. The van der Waals surface area contributed by atoms with Gasteiger partial charge in [-0.2, -0.15) is 0 Å². The van der Waals surface area contributed by atoms with Crippen LogP contribution in [-0.2, 0) is 0 Å². The second-order valence-corrected chi connectivity index (χ2v) is 6.63. The van der Waals surface area contributed by atoms with E-state index in [0.29, 0.717) is 0 Å². The number of nitrogens with zero attached hydrogens (tertiary/aromatic N) is 1. The topological polar surface area (TPSA) is 15.3 Å².